The topological polar surface area (TPSA) is 105 Å². The SMILES string of the molecule is CC(C)(C)OC(=O)N1CC(C(NC(=O)OCc2ccccc2)C(=O)O)C1. The minimum atomic E-state index is -1.17. The third-order valence-corrected chi connectivity index (χ3v) is 3.79. The first-order chi connectivity index (χ1) is 12.2. The highest BCUT2D eigenvalue weighted by atomic mass is 16.6. The average Bonchev–Trinajstić information content (AvgIpc) is 2.49. The minimum absolute atomic E-state index is 0.0493. The van der Waals surface area contributed by atoms with Gasteiger partial charge in [-0.3, -0.25) is 0 Å². The molecule has 142 valence electrons. The number of alkyl carbamates (subject to hydrolysis) is 1. The monoisotopic (exact) mass is 364 g/mol. The van der Waals surface area contributed by atoms with Crippen LogP contribution in [0.2, 0.25) is 0 Å². The van der Waals surface area contributed by atoms with E-state index in [4.69, 9.17) is 9.47 Å². The summed E-state index contributed by atoms with van der Waals surface area (Å²) in [7, 11) is 0. The molecule has 1 aromatic carbocycles. The summed E-state index contributed by atoms with van der Waals surface area (Å²) in [6.07, 6.45) is -1.30. The van der Waals surface area contributed by atoms with Gasteiger partial charge in [-0.25, -0.2) is 14.4 Å². The smallest absolute Gasteiger partial charge is 0.410 e. The normalized spacial score (nSPS) is 15.6. The van der Waals surface area contributed by atoms with Crippen molar-refractivity contribution >= 4 is 18.2 Å². The second-order valence-electron chi connectivity index (χ2n) is 7.17. The number of carbonyl (C=O) groups excluding carboxylic acids is 2. The van der Waals surface area contributed by atoms with Crippen LogP contribution in [0.3, 0.4) is 0 Å². The fourth-order valence-corrected chi connectivity index (χ4v) is 2.47. The average molecular weight is 364 g/mol. The van der Waals surface area contributed by atoms with Crippen LogP contribution < -0.4 is 5.32 Å². The molecule has 2 amide bonds. The van der Waals surface area contributed by atoms with Crippen LogP contribution in [-0.2, 0) is 20.9 Å². The van der Waals surface area contributed by atoms with E-state index in [1.807, 2.05) is 18.2 Å². The first-order valence-electron chi connectivity index (χ1n) is 8.33. The first kappa shape index (κ1) is 19.6. The molecule has 0 bridgehead atoms. The van der Waals surface area contributed by atoms with Crippen molar-refractivity contribution < 1.29 is 29.0 Å². The molecule has 26 heavy (non-hydrogen) atoms. The Morgan fingerprint density at radius 1 is 1.23 bits per heavy atom. The van der Waals surface area contributed by atoms with Crippen molar-refractivity contribution in [2.75, 3.05) is 13.1 Å². The van der Waals surface area contributed by atoms with Gasteiger partial charge in [0.1, 0.15) is 18.2 Å². The Labute approximate surface area is 152 Å². The Morgan fingerprint density at radius 2 is 1.85 bits per heavy atom. The minimum Gasteiger partial charge on any atom is -0.480 e. The van der Waals surface area contributed by atoms with Crippen molar-refractivity contribution in [2.24, 2.45) is 5.92 Å². The number of carbonyl (C=O) groups is 3. The highest BCUT2D eigenvalue weighted by Gasteiger charge is 2.42. The van der Waals surface area contributed by atoms with Gasteiger partial charge in [-0.1, -0.05) is 30.3 Å². The molecule has 1 aromatic rings. The van der Waals surface area contributed by atoms with Crippen LogP contribution in [0.4, 0.5) is 9.59 Å². The van der Waals surface area contributed by atoms with Gasteiger partial charge < -0.3 is 24.8 Å². The lowest BCUT2D eigenvalue weighted by atomic mass is 9.92. The molecular formula is C18H24N2O6. The predicted octanol–water partition coefficient (Wildman–Crippen LogP) is 2.23. The Hall–Kier alpha value is -2.77. The Morgan fingerprint density at radius 3 is 2.38 bits per heavy atom. The number of rotatable bonds is 5. The van der Waals surface area contributed by atoms with Gasteiger partial charge in [0, 0.05) is 19.0 Å². The van der Waals surface area contributed by atoms with E-state index in [0.29, 0.717) is 0 Å². The van der Waals surface area contributed by atoms with Crippen molar-refractivity contribution in [1.29, 1.82) is 0 Å². The molecule has 1 atom stereocenters. The number of carboxylic acids is 1. The van der Waals surface area contributed by atoms with Crippen LogP contribution in [-0.4, -0.2) is 52.9 Å². The fraction of sp³-hybridized carbons (Fsp3) is 0.500. The Kier molecular flexibility index (Phi) is 6.07. The zero-order chi connectivity index (χ0) is 19.3. The molecule has 0 aromatic heterocycles. The summed E-state index contributed by atoms with van der Waals surface area (Å²) >= 11 is 0. The maximum atomic E-state index is 11.9. The van der Waals surface area contributed by atoms with Crippen molar-refractivity contribution in [3.63, 3.8) is 0 Å². The summed E-state index contributed by atoms with van der Waals surface area (Å²) in [6.45, 7) is 5.72. The van der Waals surface area contributed by atoms with Crippen LogP contribution in [0, 0.1) is 5.92 Å². The number of benzene rings is 1. The first-order valence-corrected chi connectivity index (χ1v) is 8.33. The number of hydrogen-bond donors (Lipinski definition) is 2. The van der Waals surface area contributed by atoms with Gasteiger partial charge in [0.25, 0.3) is 0 Å². The number of hydrogen-bond acceptors (Lipinski definition) is 5. The lowest BCUT2D eigenvalue weighted by Gasteiger charge is -2.42. The standard InChI is InChI=1S/C18H24N2O6/c1-18(2,3)26-17(24)20-9-13(10-20)14(15(21)22)19-16(23)25-11-12-7-5-4-6-8-12/h4-8,13-14H,9-11H2,1-3H3,(H,19,23)(H,21,22). The van der Waals surface area contributed by atoms with E-state index in [-0.39, 0.29) is 19.7 Å². The summed E-state index contributed by atoms with van der Waals surface area (Å²) in [6, 6.07) is 7.94. The summed E-state index contributed by atoms with van der Waals surface area (Å²) in [5.41, 5.74) is 0.183. The lowest BCUT2D eigenvalue weighted by Crippen LogP contribution is -2.61. The molecule has 1 aliphatic heterocycles. The van der Waals surface area contributed by atoms with Crippen molar-refractivity contribution in [2.45, 2.75) is 39.0 Å². The molecule has 0 radical (unpaired) electrons. The summed E-state index contributed by atoms with van der Waals surface area (Å²) in [5.74, 6) is -1.57. The molecule has 2 rings (SSSR count). The number of nitrogens with zero attached hydrogens (tertiary/aromatic N) is 1. The van der Waals surface area contributed by atoms with Crippen molar-refractivity contribution in [1.82, 2.24) is 10.2 Å². The summed E-state index contributed by atoms with van der Waals surface area (Å²) < 4.78 is 10.3. The van der Waals surface area contributed by atoms with Gasteiger partial charge in [-0.05, 0) is 26.3 Å². The zero-order valence-electron chi connectivity index (χ0n) is 15.1. The molecule has 1 fully saturated rings. The number of ether oxygens (including phenoxy) is 2. The van der Waals surface area contributed by atoms with Gasteiger partial charge in [-0.15, -0.1) is 0 Å². The van der Waals surface area contributed by atoms with Crippen LogP contribution in [0.5, 0.6) is 0 Å². The van der Waals surface area contributed by atoms with E-state index in [1.54, 1.807) is 32.9 Å². The highest BCUT2D eigenvalue weighted by molar-refractivity contribution is 5.81. The molecule has 1 unspecified atom stereocenters. The van der Waals surface area contributed by atoms with Gasteiger partial charge in [-0.2, -0.15) is 0 Å². The third-order valence-electron chi connectivity index (χ3n) is 3.79. The number of amides is 2. The molecule has 1 aliphatic rings. The Bertz CT molecular complexity index is 649. The molecule has 0 saturated carbocycles. The predicted molar refractivity (Wildman–Crippen MR) is 92.5 cm³/mol. The molecule has 0 aliphatic carbocycles. The van der Waals surface area contributed by atoms with E-state index < -0.39 is 35.7 Å². The van der Waals surface area contributed by atoms with Gasteiger partial charge in [0.05, 0.1) is 0 Å². The Balaban J connectivity index is 1.81. The quantitative estimate of drug-likeness (QED) is 0.830. The summed E-state index contributed by atoms with van der Waals surface area (Å²) in [5, 5.41) is 11.7. The van der Waals surface area contributed by atoms with Crippen LogP contribution in [0.15, 0.2) is 30.3 Å². The van der Waals surface area contributed by atoms with Crippen molar-refractivity contribution in [3.05, 3.63) is 35.9 Å². The molecule has 0 spiro atoms. The van der Waals surface area contributed by atoms with Gasteiger partial charge >= 0.3 is 18.2 Å². The van der Waals surface area contributed by atoms with E-state index in [2.05, 4.69) is 5.32 Å². The van der Waals surface area contributed by atoms with E-state index in [9.17, 15) is 19.5 Å². The largest absolute Gasteiger partial charge is 0.480 e. The van der Waals surface area contributed by atoms with E-state index >= 15 is 0 Å². The molecule has 8 heteroatoms. The van der Waals surface area contributed by atoms with Gasteiger partial charge in [0.15, 0.2) is 0 Å². The maximum absolute atomic E-state index is 11.9. The van der Waals surface area contributed by atoms with E-state index in [1.165, 1.54) is 4.90 Å². The van der Waals surface area contributed by atoms with Crippen LogP contribution in [0.1, 0.15) is 26.3 Å². The van der Waals surface area contributed by atoms with E-state index in [0.717, 1.165) is 5.56 Å². The van der Waals surface area contributed by atoms with Gasteiger partial charge in [0.2, 0.25) is 0 Å². The highest BCUT2D eigenvalue weighted by Crippen LogP contribution is 2.22. The molecule has 1 heterocycles. The molecular weight excluding hydrogens is 340 g/mol. The number of nitrogens with one attached hydrogen (secondary N) is 1. The summed E-state index contributed by atoms with van der Waals surface area (Å²) in [4.78, 5) is 36.6. The number of aliphatic carboxylic acids is 1. The van der Waals surface area contributed by atoms with Crippen LogP contribution in [0.25, 0.3) is 0 Å². The van der Waals surface area contributed by atoms with Crippen LogP contribution >= 0.6 is 0 Å². The molecule has 2 N–H and O–H groups in total. The lowest BCUT2D eigenvalue weighted by molar-refractivity contribution is -0.142. The van der Waals surface area contributed by atoms with Crippen molar-refractivity contribution in [3.8, 4) is 0 Å². The number of carboxylic acid groups (broad SMARTS) is 1. The second kappa shape index (κ2) is 8.07. The molecule has 8 nitrogen and oxygen atoms in total. The third kappa shape index (κ3) is 5.65. The fourth-order valence-electron chi connectivity index (χ4n) is 2.47. The number of likely N-dealkylation sites (tertiary alicyclic amines) is 1. The second-order valence-corrected chi connectivity index (χ2v) is 7.17. The maximum Gasteiger partial charge on any atom is 0.410 e. The zero-order valence-corrected chi connectivity index (χ0v) is 15.1. The molecule has 1 saturated heterocycles.